The van der Waals surface area contributed by atoms with Crippen molar-refractivity contribution in [3.63, 3.8) is 0 Å². The fourth-order valence-corrected chi connectivity index (χ4v) is 1.18. The molecule has 60 valence electrons. The van der Waals surface area contributed by atoms with Crippen molar-refractivity contribution in [2.75, 3.05) is 0 Å². The van der Waals surface area contributed by atoms with Crippen molar-refractivity contribution in [2.45, 2.75) is 4.90 Å². The number of hydrogen-bond donors (Lipinski definition) is 1. The first-order valence-electron chi connectivity index (χ1n) is 3.52. The molecule has 0 aliphatic rings. The number of aromatic nitrogens is 3. The van der Waals surface area contributed by atoms with E-state index in [1.54, 1.807) is 17.2 Å². The van der Waals surface area contributed by atoms with Gasteiger partial charge in [0.1, 0.15) is 0 Å². The standard InChI is InChI=1S/C8H7N3S/c12-8-3-1-2-7(6-8)11-9-4-5-10-11/h1-6,12H. The van der Waals surface area contributed by atoms with Gasteiger partial charge in [0.2, 0.25) is 0 Å². The molecule has 0 saturated heterocycles. The summed E-state index contributed by atoms with van der Waals surface area (Å²) in [4.78, 5) is 2.46. The smallest absolute Gasteiger partial charge is 0.0867 e. The van der Waals surface area contributed by atoms with E-state index in [0.29, 0.717) is 0 Å². The highest BCUT2D eigenvalue weighted by molar-refractivity contribution is 7.80. The molecule has 0 radical (unpaired) electrons. The molecule has 2 rings (SSSR count). The van der Waals surface area contributed by atoms with Gasteiger partial charge < -0.3 is 0 Å². The summed E-state index contributed by atoms with van der Waals surface area (Å²) < 4.78 is 0. The molecule has 3 nitrogen and oxygen atoms in total. The second kappa shape index (κ2) is 2.98. The van der Waals surface area contributed by atoms with Gasteiger partial charge in [0, 0.05) is 4.90 Å². The van der Waals surface area contributed by atoms with E-state index in [1.807, 2.05) is 24.3 Å². The molecule has 12 heavy (non-hydrogen) atoms. The molecule has 0 saturated carbocycles. The van der Waals surface area contributed by atoms with Crippen molar-refractivity contribution in [1.82, 2.24) is 15.0 Å². The summed E-state index contributed by atoms with van der Waals surface area (Å²) in [6.07, 6.45) is 3.29. The largest absolute Gasteiger partial charge is 0.157 e. The van der Waals surface area contributed by atoms with Gasteiger partial charge in [0.15, 0.2) is 0 Å². The van der Waals surface area contributed by atoms with Gasteiger partial charge in [-0.05, 0) is 18.2 Å². The molecule has 2 aromatic rings. The van der Waals surface area contributed by atoms with Gasteiger partial charge in [-0.2, -0.15) is 15.0 Å². The van der Waals surface area contributed by atoms with Crippen molar-refractivity contribution >= 4 is 12.6 Å². The van der Waals surface area contributed by atoms with Crippen LogP contribution in [0.25, 0.3) is 5.69 Å². The summed E-state index contributed by atoms with van der Waals surface area (Å²) in [6, 6.07) is 7.67. The molecule has 0 spiro atoms. The average molecular weight is 177 g/mol. The van der Waals surface area contributed by atoms with E-state index in [1.165, 1.54) is 0 Å². The third-order valence-electron chi connectivity index (χ3n) is 1.48. The van der Waals surface area contributed by atoms with Crippen LogP contribution in [-0.4, -0.2) is 15.0 Å². The van der Waals surface area contributed by atoms with E-state index in [4.69, 9.17) is 0 Å². The maximum atomic E-state index is 4.22. The fraction of sp³-hybridized carbons (Fsp3) is 0. The minimum absolute atomic E-state index is 0.907. The molecule has 1 aromatic carbocycles. The molecule has 0 amide bonds. The van der Waals surface area contributed by atoms with Crippen LogP contribution in [0.15, 0.2) is 41.6 Å². The topological polar surface area (TPSA) is 30.7 Å². The van der Waals surface area contributed by atoms with Crippen LogP contribution in [-0.2, 0) is 0 Å². The lowest BCUT2D eigenvalue weighted by molar-refractivity contribution is 0.750. The number of benzene rings is 1. The molecular weight excluding hydrogens is 170 g/mol. The molecule has 0 aliphatic carbocycles. The van der Waals surface area contributed by atoms with E-state index in [9.17, 15) is 0 Å². The summed E-state index contributed by atoms with van der Waals surface area (Å²) in [5.74, 6) is 0. The lowest BCUT2D eigenvalue weighted by Gasteiger charge is -1.98. The van der Waals surface area contributed by atoms with Crippen LogP contribution in [0.2, 0.25) is 0 Å². The second-order valence-corrected chi connectivity index (χ2v) is 2.85. The fourth-order valence-electron chi connectivity index (χ4n) is 0.967. The van der Waals surface area contributed by atoms with Crippen LogP contribution in [0.3, 0.4) is 0 Å². The summed E-state index contributed by atoms with van der Waals surface area (Å²) in [7, 11) is 0. The van der Waals surface area contributed by atoms with Gasteiger partial charge in [-0.3, -0.25) is 0 Å². The Hall–Kier alpha value is -1.29. The summed E-state index contributed by atoms with van der Waals surface area (Å²) in [5, 5.41) is 8.00. The molecular formula is C8H7N3S. The minimum atomic E-state index is 0.907. The quantitative estimate of drug-likeness (QED) is 0.670. The highest BCUT2D eigenvalue weighted by atomic mass is 32.1. The predicted molar refractivity (Wildman–Crippen MR) is 48.6 cm³/mol. The molecule has 0 N–H and O–H groups in total. The molecule has 0 atom stereocenters. The first kappa shape index (κ1) is 7.36. The van der Waals surface area contributed by atoms with Crippen molar-refractivity contribution in [3.05, 3.63) is 36.7 Å². The second-order valence-electron chi connectivity index (χ2n) is 2.34. The highest BCUT2D eigenvalue weighted by Gasteiger charge is 1.95. The van der Waals surface area contributed by atoms with Gasteiger partial charge in [0.05, 0.1) is 18.1 Å². The Labute approximate surface area is 75.4 Å². The zero-order valence-corrected chi connectivity index (χ0v) is 7.15. The zero-order chi connectivity index (χ0) is 8.39. The minimum Gasteiger partial charge on any atom is -0.157 e. The average Bonchev–Trinajstić information content (AvgIpc) is 2.56. The van der Waals surface area contributed by atoms with E-state index in [2.05, 4.69) is 22.8 Å². The van der Waals surface area contributed by atoms with Crippen LogP contribution in [0.5, 0.6) is 0 Å². The first-order valence-corrected chi connectivity index (χ1v) is 3.97. The van der Waals surface area contributed by atoms with Crippen molar-refractivity contribution in [2.24, 2.45) is 0 Å². The Morgan fingerprint density at radius 3 is 2.58 bits per heavy atom. The first-order chi connectivity index (χ1) is 5.86. The highest BCUT2D eigenvalue weighted by Crippen LogP contribution is 2.10. The number of thiol groups is 1. The van der Waals surface area contributed by atoms with Crippen LogP contribution in [0, 0.1) is 0 Å². The monoisotopic (exact) mass is 177 g/mol. The third-order valence-corrected chi connectivity index (χ3v) is 1.76. The van der Waals surface area contributed by atoms with E-state index in [-0.39, 0.29) is 0 Å². The SMILES string of the molecule is Sc1cccc(-n2nccn2)c1. The molecule has 1 heterocycles. The third kappa shape index (κ3) is 1.33. The Bertz CT molecular complexity index is 370. The summed E-state index contributed by atoms with van der Waals surface area (Å²) >= 11 is 4.22. The number of nitrogens with zero attached hydrogens (tertiary/aromatic N) is 3. The normalized spacial score (nSPS) is 10.1. The van der Waals surface area contributed by atoms with Gasteiger partial charge in [-0.15, -0.1) is 12.6 Å². The van der Waals surface area contributed by atoms with Crippen LogP contribution < -0.4 is 0 Å². The molecule has 0 bridgehead atoms. The van der Waals surface area contributed by atoms with Crippen molar-refractivity contribution in [3.8, 4) is 5.69 Å². The number of rotatable bonds is 1. The number of hydrogen-bond acceptors (Lipinski definition) is 3. The maximum Gasteiger partial charge on any atom is 0.0867 e. The van der Waals surface area contributed by atoms with Crippen LogP contribution in [0.4, 0.5) is 0 Å². The zero-order valence-electron chi connectivity index (χ0n) is 6.25. The molecule has 0 unspecified atom stereocenters. The van der Waals surface area contributed by atoms with E-state index < -0.39 is 0 Å². The molecule has 4 heteroatoms. The Balaban J connectivity index is 2.48. The van der Waals surface area contributed by atoms with Gasteiger partial charge in [-0.25, -0.2) is 0 Å². The van der Waals surface area contributed by atoms with Gasteiger partial charge in [-0.1, -0.05) is 6.07 Å². The summed E-state index contributed by atoms with van der Waals surface area (Å²) in [5.41, 5.74) is 0.924. The van der Waals surface area contributed by atoms with Gasteiger partial charge >= 0.3 is 0 Å². The Morgan fingerprint density at radius 1 is 1.17 bits per heavy atom. The Morgan fingerprint density at radius 2 is 1.92 bits per heavy atom. The Kier molecular flexibility index (Phi) is 1.83. The van der Waals surface area contributed by atoms with Gasteiger partial charge in [0.25, 0.3) is 0 Å². The summed E-state index contributed by atoms with van der Waals surface area (Å²) in [6.45, 7) is 0. The molecule has 0 fully saturated rings. The molecule has 0 aliphatic heterocycles. The van der Waals surface area contributed by atoms with E-state index >= 15 is 0 Å². The van der Waals surface area contributed by atoms with Crippen LogP contribution >= 0.6 is 12.6 Å². The van der Waals surface area contributed by atoms with Crippen molar-refractivity contribution in [1.29, 1.82) is 0 Å². The van der Waals surface area contributed by atoms with Crippen LogP contribution in [0.1, 0.15) is 0 Å². The lowest BCUT2D eigenvalue weighted by Crippen LogP contribution is -1.97. The van der Waals surface area contributed by atoms with Crippen molar-refractivity contribution < 1.29 is 0 Å². The predicted octanol–water partition coefficient (Wildman–Crippen LogP) is 1.56. The molecule has 1 aromatic heterocycles. The lowest BCUT2D eigenvalue weighted by atomic mass is 10.3. The maximum absolute atomic E-state index is 4.22. The van der Waals surface area contributed by atoms with E-state index in [0.717, 1.165) is 10.6 Å².